The third-order valence-corrected chi connectivity index (χ3v) is 3.62. The molecule has 0 aliphatic heterocycles. The number of rotatable bonds is 4. The van der Waals surface area contributed by atoms with Gasteiger partial charge in [-0.15, -0.1) is 0 Å². The topological polar surface area (TPSA) is 98.5 Å². The molecule has 2 rings (SSSR count). The van der Waals surface area contributed by atoms with E-state index in [0.29, 0.717) is 16.8 Å². The number of amides is 1. The second kappa shape index (κ2) is 7.10. The molecule has 0 saturated heterocycles. The van der Waals surface area contributed by atoms with Crippen molar-refractivity contribution in [1.82, 2.24) is 0 Å². The standard InChI is InChI=1S/C16H13ClN2O5/c1-9-7-10(16(21)24-2)3-6-14(9)18-15(20)12-5-4-11(19(22)23)8-13(12)17/h3-8H,1-2H3,(H,18,20). The van der Waals surface area contributed by atoms with Crippen molar-refractivity contribution < 1.29 is 19.2 Å². The number of aryl methyl sites for hydroxylation is 1. The summed E-state index contributed by atoms with van der Waals surface area (Å²) in [5.41, 5.74) is 1.42. The first-order valence-corrected chi connectivity index (χ1v) is 7.15. The Morgan fingerprint density at radius 1 is 1.21 bits per heavy atom. The van der Waals surface area contributed by atoms with E-state index in [9.17, 15) is 19.7 Å². The Bertz CT molecular complexity index is 835. The van der Waals surface area contributed by atoms with Gasteiger partial charge in [-0.05, 0) is 36.8 Å². The third kappa shape index (κ3) is 3.69. The predicted octanol–water partition coefficient (Wildman–Crippen LogP) is 3.60. The van der Waals surface area contributed by atoms with Crippen LogP contribution >= 0.6 is 11.6 Å². The summed E-state index contributed by atoms with van der Waals surface area (Å²) in [6.45, 7) is 1.72. The van der Waals surface area contributed by atoms with Crippen LogP contribution in [0.25, 0.3) is 0 Å². The summed E-state index contributed by atoms with van der Waals surface area (Å²) in [6, 6.07) is 8.27. The van der Waals surface area contributed by atoms with Gasteiger partial charge in [-0.3, -0.25) is 14.9 Å². The summed E-state index contributed by atoms with van der Waals surface area (Å²) >= 11 is 5.93. The molecule has 7 nitrogen and oxygen atoms in total. The predicted molar refractivity (Wildman–Crippen MR) is 88.6 cm³/mol. The summed E-state index contributed by atoms with van der Waals surface area (Å²) in [7, 11) is 1.28. The van der Waals surface area contributed by atoms with Gasteiger partial charge in [-0.1, -0.05) is 11.6 Å². The summed E-state index contributed by atoms with van der Waals surface area (Å²) < 4.78 is 4.63. The van der Waals surface area contributed by atoms with Gasteiger partial charge in [0.25, 0.3) is 11.6 Å². The number of nitro groups is 1. The lowest BCUT2D eigenvalue weighted by Crippen LogP contribution is -2.14. The molecule has 2 aromatic carbocycles. The second-order valence-corrected chi connectivity index (χ2v) is 5.30. The number of benzene rings is 2. The molecule has 0 saturated carbocycles. The summed E-state index contributed by atoms with van der Waals surface area (Å²) in [5.74, 6) is -0.988. The highest BCUT2D eigenvalue weighted by Crippen LogP contribution is 2.24. The fourth-order valence-corrected chi connectivity index (χ4v) is 2.30. The number of methoxy groups -OCH3 is 1. The number of nitrogens with zero attached hydrogens (tertiary/aromatic N) is 1. The lowest BCUT2D eigenvalue weighted by molar-refractivity contribution is -0.384. The number of ether oxygens (including phenoxy) is 1. The van der Waals surface area contributed by atoms with E-state index in [2.05, 4.69) is 10.1 Å². The zero-order valence-corrected chi connectivity index (χ0v) is 13.6. The molecule has 0 bridgehead atoms. The summed E-state index contributed by atoms with van der Waals surface area (Å²) in [4.78, 5) is 33.9. The molecular formula is C16H13ClN2O5. The van der Waals surface area contributed by atoms with Crippen molar-refractivity contribution in [2.75, 3.05) is 12.4 Å². The van der Waals surface area contributed by atoms with Crippen molar-refractivity contribution in [3.8, 4) is 0 Å². The number of carbonyl (C=O) groups excluding carboxylic acids is 2. The maximum absolute atomic E-state index is 12.3. The van der Waals surface area contributed by atoms with Crippen molar-refractivity contribution in [2.45, 2.75) is 6.92 Å². The zero-order valence-electron chi connectivity index (χ0n) is 12.8. The molecule has 0 aliphatic carbocycles. The molecule has 124 valence electrons. The van der Waals surface area contributed by atoms with Crippen molar-refractivity contribution in [3.63, 3.8) is 0 Å². The van der Waals surface area contributed by atoms with Crippen LogP contribution in [0.2, 0.25) is 5.02 Å². The fourth-order valence-electron chi connectivity index (χ4n) is 2.04. The molecule has 1 N–H and O–H groups in total. The Kier molecular flexibility index (Phi) is 5.15. The Labute approximate surface area is 142 Å². The van der Waals surface area contributed by atoms with Crippen molar-refractivity contribution in [2.24, 2.45) is 0 Å². The lowest BCUT2D eigenvalue weighted by atomic mass is 10.1. The van der Waals surface area contributed by atoms with Crippen LogP contribution in [-0.2, 0) is 4.74 Å². The number of hydrogen-bond donors (Lipinski definition) is 1. The third-order valence-electron chi connectivity index (χ3n) is 3.30. The van der Waals surface area contributed by atoms with Gasteiger partial charge in [-0.25, -0.2) is 4.79 Å². The van der Waals surface area contributed by atoms with E-state index in [1.807, 2.05) is 0 Å². The van der Waals surface area contributed by atoms with Crippen LogP contribution < -0.4 is 5.32 Å². The Morgan fingerprint density at radius 3 is 2.46 bits per heavy atom. The van der Waals surface area contributed by atoms with Gasteiger partial charge in [0.05, 0.1) is 28.2 Å². The largest absolute Gasteiger partial charge is 0.465 e. The molecule has 1 amide bonds. The molecule has 0 spiro atoms. The van der Waals surface area contributed by atoms with E-state index < -0.39 is 16.8 Å². The molecule has 0 aromatic heterocycles. The first kappa shape index (κ1) is 17.4. The van der Waals surface area contributed by atoms with Crippen molar-refractivity contribution >= 4 is 34.9 Å². The van der Waals surface area contributed by atoms with Crippen LogP contribution in [0.4, 0.5) is 11.4 Å². The van der Waals surface area contributed by atoms with Crippen molar-refractivity contribution in [1.29, 1.82) is 0 Å². The monoisotopic (exact) mass is 348 g/mol. The molecule has 0 radical (unpaired) electrons. The second-order valence-electron chi connectivity index (χ2n) is 4.90. The number of nitro benzene ring substituents is 1. The van der Waals surface area contributed by atoms with Gasteiger partial charge in [0.1, 0.15) is 0 Å². The SMILES string of the molecule is COC(=O)c1ccc(NC(=O)c2ccc([N+](=O)[O-])cc2Cl)c(C)c1. The fraction of sp³-hybridized carbons (Fsp3) is 0.125. The number of halogens is 1. The lowest BCUT2D eigenvalue weighted by Gasteiger charge is -2.10. The van der Waals surface area contributed by atoms with Crippen LogP contribution in [0.3, 0.4) is 0 Å². The highest BCUT2D eigenvalue weighted by atomic mass is 35.5. The van der Waals surface area contributed by atoms with Crippen LogP contribution in [0, 0.1) is 17.0 Å². The van der Waals surface area contributed by atoms with Crippen LogP contribution in [-0.4, -0.2) is 23.9 Å². The molecule has 0 fully saturated rings. The average molecular weight is 349 g/mol. The number of hydrogen-bond acceptors (Lipinski definition) is 5. The summed E-state index contributed by atoms with van der Waals surface area (Å²) in [5, 5.41) is 13.3. The Hall–Kier alpha value is -2.93. The number of esters is 1. The van der Waals surface area contributed by atoms with E-state index in [1.165, 1.54) is 25.3 Å². The minimum atomic E-state index is -0.594. The molecule has 0 unspecified atom stereocenters. The Balaban J connectivity index is 2.24. The van der Waals surface area contributed by atoms with E-state index >= 15 is 0 Å². The minimum Gasteiger partial charge on any atom is -0.465 e. The van der Waals surface area contributed by atoms with Crippen LogP contribution in [0.5, 0.6) is 0 Å². The number of carbonyl (C=O) groups is 2. The number of nitrogens with one attached hydrogen (secondary N) is 1. The smallest absolute Gasteiger partial charge is 0.337 e. The molecule has 24 heavy (non-hydrogen) atoms. The van der Waals surface area contributed by atoms with Gasteiger partial charge in [0.15, 0.2) is 0 Å². The maximum atomic E-state index is 12.3. The van der Waals surface area contributed by atoms with E-state index in [0.717, 1.165) is 6.07 Å². The molecule has 2 aromatic rings. The minimum absolute atomic E-state index is 0.0227. The molecule has 0 heterocycles. The van der Waals surface area contributed by atoms with Crippen LogP contribution in [0.15, 0.2) is 36.4 Å². The van der Waals surface area contributed by atoms with Gasteiger partial charge in [0.2, 0.25) is 0 Å². The average Bonchev–Trinajstić information content (AvgIpc) is 2.55. The summed E-state index contributed by atoms with van der Waals surface area (Å²) in [6.07, 6.45) is 0. The van der Waals surface area contributed by atoms with E-state index in [1.54, 1.807) is 19.1 Å². The zero-order chi connectivity index (χ0) is 17.9. The quantitative estimate of drug-likeness (QED) is 0.517. The molecule has 8 heteroatoms. The van der Waals surface area contributed by atoms with Gasteiger partial charge >= 0.3 is 5.97 Å². The number of anilines is 1. The first-order valence-electron chi connectivity index (χ1n) is 6.77. The van der Waals surface area contributed by atoms with Gasteiger partial charge in [0, 0.05) is 17.8 Å². The normalized spacial score (nSPS) is 10.1. The van der Waals surface area contributed by atoms with Gasteiger partial charge < -0.3 is 10.1 Å². The molecule has 0 atom stereocenters. The molecular weight excluding hydrogens is 336 g/mol. The highest BCUT2D eigenvalue weighted by molar-refractivity contribution is 6.34. The van der Waals surface area contributed by atoms with Crippen LogP contribution in [0.1, 0.15) is 26.3 Å². The molecule has 0 aliphatic rings. The van der Waals surface area contributed by atoms with E-state index in [4.69, 9.17) is 11.6 Å². The van der Waals surface area contributed by atoms with Gasteiger partial charge in [-0.2, -0.15) is 0 Å². The number of non-ortho nitro benzene ring substituents is 1. The van der Waals surface area contributed by atoms with E-state index in [-0.39, 0.29) is 16.3 Å². The Morgan fingerprint density at radius 2 is 1.92 bits per heavy atom. The maximum Gasteiger partial charge on any atom is 0.337 e. The highest BCUT2D eigenvalue weighted by Gasteiger charge is 2.16. The van der Waals surface area contributed by atoms with Crippen molar-refractivity contribution in [3.05, 3.63) is 68.2 Å². The first-order chi connectivity index (χ1) is 11.3.